The Labute approximate surface area is 191 Å². The maximum atomic E-state index is 13.4. The van der Waals surface area contributed by atoms with Crippen molar-refractivity contribution in [1.82, 2.24) is 10.2 Å². The predicted molar refractivity (Wildman–Crippen MR) is 127 cm³/mol. The van der Waals surface area contributed by atoms with E-state index in [4.69, 9.17) is 0 Å². The van der Waals surface area contributed by atoms with Gasteiger partial charge in [-0.1, -0.05) is 76.6 Å². The normalized spacial score (nSPS) is 15.7. The number of nitrogens with one attached hydrogen (secondary N) is 1. The molecule has 1 atom stereocenters. The summed E-state index contributed by atoms with van der Waals surface area (Å²) in [7, 11) is 0. The van der Waals surface area contributed by atoms with Gasteiger partial charge in [0.25, 0.3) is 5.91 Å². The number of halogens is 1. The van der Waals surface area contributed by atoms with Crippen LogP contribution in [0.1, 0.15) is 48.3 Å². The predicted octanol–water partition coefficient (Wildman–Crippen LogP) is 5.73. The van der Waals surface area contributed by atoms with Crippen molar-refractivity contribution in [2.75, 3.05) is 0 Å². The molecule has 1 aliphatic heterocycles. The molecule has 3 aromatic rings. The zero-order chi connectivity index (χ0) is 22.2. The van der Waals surface area contributed by atoms with Gasteiger partial charge >= 0.3 is 0 Å². The number of hydrogen-bond donors (Lipinski definition) is 1. The summed E-state index contributed by atoms with van der Waals surface area (Å²) in [6, 6.07) is 23.0. The van der Waals surface area contributed by atoms with E-state index in [-0.39, 0.29) is 11.8 Å². The molecule has 0 spiro atoms. The summed E-state index contributed by atoms with van der Waals surface area (Å²) in [6.07, 6.45) is 0. The highest BCUT2D eigenvalue weighted by atomic mass is 79.9. The van der Waals surface area contributed by atoms with Crippen molar-refractivity contribution < 1.29 is 9.59 Å². The third kappa shape index (κ3) is 4.42. The summed E-state index contributed by atoms with van der Waals surface area (Å²) in [5, 5.41) is 3.05. The average molecular weight is 477 g/mol. The second-order valence-electron chi connectivity index (χ2n) is 8.83. The summed E-state index contributed by atoms with van der Waals surface area (Å²) < 4.78 is 0.820. The van der Waals surface area contributed by atoms with Crippen LogP contribution in [0.5, 0.6) is 0 Å². The second kappa shape index (κ2) is 8.31. The number of rotatable bonds is 4. The lowest BCUT2D eigenvalue weighted by Gasteiger charge is -2.29. The summed E-state index contributed by atoms with van der Waals surface area (Å²) in [6.45, 7) is 6.18. The standard InChI is InChI=1S/C26H25BrN2O2/c1-26(2,3)28-24(30)23-21-14-13-19(27)15-22(21)25(31)29(23)16-18-11-7-8-12-20(18)17-9-5-4-6-10-17/h4-15,23H,16H2,1-3H3,(H,28,30). The number of hydrogen-bond acceptors (Lipinski definition) is 2. The van der Waals surface area contributed by atoms with Crippen molar-refractivity contribution in [3.63, 3.8) is 0 Å². The Kier molecular flexibility index (Phi) is 5.71. The van der Waals surface area contributed by atoms with Crippen LogP contribution in [0.4, 0.5) is 0 Å². The lowest BCUT2D eigenvalue weighted by atomic mass is 9.98. The molecule has 0 aromatic heterocycles. The van der Waals surface area contributed by atoms with Crippen LogP contribution in [0.3, 0.4) is 0 Å². The van der Waals surface area contributed by atoms with Crippen LogP contribution in [0, 0.1) is 0 Å². The van der Waals surface area contributed by atoms with Crippen molar-refractivity contribution in [3.05, 3.63) is 94.0 Å². The van der Waals surface area contributed by atoms with Gasteiger partial charge < -0.3 is 10.2 Å². The maximum absolute atomic E-state index is 13.4. The number of amides is 2. The Hall–Kier alpha value is -2.92. The molecule has 1 N–H and O–H groups in total. The average Bonchev–Trinajstić information content (AvgIpc) is 2.99. The molecule has 2 amide bonds. The number of fused-ring (bicyclic) bond motifs is 1. The molecule has 0 saturated heterocycles. The highest BCUT2D eigenvalue weighted by Crippen LogP contribution is 2.38. The van der Waals surface area contributed by atoms with Crippen LogP contribution in [0.25, 0.3) is 11.1 Å². The topological polar surface area (TPSA) is 49.4 Å². The molecule has 4 nitrogen and oxygen atoms in total. The van der Waals surface area contributed by atoms with E-state index in [1.54, 1.807) is 11.0 Å². The largest absolute Gasteiger partial charge is 0.349 e. The molecular formula is C26H25BrN2O2. The fraction of sp³-hybridized carbons (Fsp3) is 0.231. The Morgan fingerprint density at radius 3 is 2.35 bits per heavy atom. The summed E-state index contributed by atoms with van der Waals surface area (Å²) in [5.74, 6) is -0.299. The second-order valence-corrected chi connectivity index (χ2v) is 9.75. The third-order valence-corrected chi connectivity index (χ3v) is 5.80. The van der Waals surface area contributed by atoms with E-state index in [9.17, 15) is 9.59 Å². The third-order valence-electron chi connectivity index (χ3n) is 5.30. The molecule has 0 saturated carbocycles. The van der Waals surface area contributed by atoms with Crippen molar-refractivity contribution in [3.8, 4) is 11.1 Å². The van der Waals surface area contributed by atoms with Gasteiger partial charge in [0.15, 0.2) is 0 Å². The first-order chi connectivity index (χ1) is 14.7. The monoisotopic (exact) mass is 476 g/mol. The molecular weight excluding hydrogens is 452 g/mol. The number of carbonyl (C=O) groups is 2. The Bertz CT molecular complexity index is 1140. The highest BCUT2D eigenvalue weighted by Gasteiger charge is 2.42. The minimum Gasteiger partial charge on any atom is -0.349 e. The molecule has 5 heteroatoms. The Morgan fingerprint density at radius 2 is 1.65 bits per heavy atom. The zero-order valence-corrected chi connectivity index (χ0v) is 19.4. The highest BCUT2D eigenvalue weighted by molar-refractivity contribution is 9.10. The maximum Gasteiger partial charge on any atom is 0.255 e. The lowest BCUT2D eigenvalue weighted by molar-refractivity contribution is -0.127. The summed E-state index contributed by atoms with van der Waals surface area (Å²) >= 11 is 3.46. The van der Waals surface area contributed by atoms with Gasteiger partial charge in [-0.3, -0.25) is 9.59 Å². The van der Waals surface area contributed by atoms with E-state index in [2.05, 4.69) is 39.4 Å². The Morgan fingerprint density at radius 1 is 0.968 bits per heavy atom. The van der Waals surface area contributed by atoms with Crippen molar-refractivity contribution in [1.29, 1.82) is 0 Å². The van der Waals surface area contributed by atoms with Gasteiger partial charge in [0.1, 0.15) is 6.04 Å². The van der Waals surface area contributed by atoms with Gasteiger partial charge in [0.05, 0.1) is 0 Å². The van der Waals surface area contributed by atoms with Gasteiger partial charge in [0, 0.05) is 22.1 Å². The molecule has 0 aliphatic carbocycles. The number of carbonyl (C=O) groups excluding carboxylic acids is 2. The molecule has 31 heavy (non-hydrogen) atoms. The van der Waals surface area contributed by atoms with E-state index in [1.807, 2.05) is 69.3 Å². The molecule has 1 heterocycles. The fourth-order valence-electron chi connectivity index (χ4n) is 4.02. The molecule has 158 valence electrons. The van der Waals surface area contributed by atoms with Crippen molar-refractivity contribution in [2.24, 2.45) is 0 Å². The van der Waals surface area contributed by atoms with Gasteiger partial charge in [-0.25, -0.2) is 0 Å². The fourth-order valence-corrected chi connectivity index (χ4v) is 4.38. The Balaban J connectivity index is 1.75. The van der Waals surface area contributed by atoms with Gasteiger partial charge in [-0.05, 0) is 55.2 Å². The molecule has 1 unspecified atom stereocenters. The molecule has 0 radical (unpaired) electrons. The number of benzene rings is 3. The van der Waals surface area contributed by atoms with E-state index in [0.717, 1.165) is 26.7 Å². The molecule has 0 fully saturated rings. The summed E-state index contributed by atoms with van der Waals surface area (Å²) in [5.41, 5.74) is 4.06. The van der Waals surface area contributed by atoms with E-state index >= 15 is 0 Å². The smallest absolute Gasteiger partial charge is 0.255 e. The van der Waals surface area contributed by atoms with E-state index in [1.165, 1.54) is 0 Å². The van der Waals surface area contributed by atoms with Crippen LogP contribution in [0.2, 0.25) is 0 Å². The minimum absolute atomic E-state index is 0.131. The number of nitrogens with zero attached hydrogens (tertiary/aromatic N) is 1. The van der Waals surface area contributed by atoms with Gasteiger partial charge in [-0.2, -0.15) is 0 Å². The van der Waals surface area contributed by atoms with Crippen LogP contribution in [-0.2, 0) is 11.3 Å². The molecule has 4 rings (SSSR count). The van der Waals surface area contributed by atoms with Gasteiger partial charge in [0.2, 0.25) is 5.91 Å². The first kappa shape index (κ1) is 21.3. The first-order valence-corrected chi connectivity index (χ1v) is 11.1. The quantitative estimate of drug-likeness (QED) is 0.522. The van der Waals surface area contributed by atoms with E-state index in [0.29, 0.717) is 12.1 Å². The lowest BCUT2D eigenvalue weighted by Crippen LogP contribution is -2.46. The van der Waals surface area contributed by atoms with Gasteiger partial charge in [-0.15, -0.1) is 0 Å². The van der Waals surface area contributed by atoms with Crippen molar-refractivity contribution >= 4 is 27.7 Å². The SMILES string of the molecule is CC(C)(C)NC(=O)C1c2ccc(Br)cc2C(=O)N1Cc1ccccc1-c1ccccc1. The molecule has 3 aromatic carbocycles. The minimum atomic E-state index is -0.668. The first-order valence-electron chi connectivity index (χ1n) is 10.3. The van der Waals surface area contributed by atoms with Crippen LogP contribution >= 0.6 is 15.9 Å². The van der Waals surface area contributed by atoms with Crippen LogP contribution < -0.4 is 5.32 Å². The van der Waals surface area contributed by atoms with E-state index < -0.39 is 11.6 Å². The van der Waals surface area contributed by atoms with Crippen LogP contribution in [-0.4, -0.2) is 22.3 Å². The van der Waals surface area contributed by atoms with Crippen molar-refractivity contribution in [2.45, 2.75) is 38.9 Å². The van der Waals surface area contributed by atoms with Crippen LogP contribution in [0.15, 0.2) is 77.3 Å². The summed E-state index contributed by atoms with van der Waals surface area (Å²) in [4.78, 5) is 28.4. The molecule has 0 bridgehead atoms. The molecule has 1 aliphatic rings. The zero-order valence-electron chi connectivity index (χ0n) is 17.9.